The Morgan fingerprint density at radius 1 is 1.08 bits per heavy atom. The first kappa shape index (κ1) is 17.6. The smallest absolute Gasteiger partial charge is 0.132 e. The summed E-state index contributed by atoms with van der Waals surface area (Å²) in [5.41, 5.74) is 1.06. The van der Waals surface area contributed by atoms with Crippen LogP contribution in [-0.2, 0) is 4.74 Å². The molecule has 0 saturated carbocycles. The number of hydrogen-bond donors (Lipinski definition) is 0. The summed E-state index contributed by atoms with van der Waals surface area (Å²) in [6.45, 7) is 14.0. The standard InChI is InChI=1S/C19H32N4O/c1-14-11-19(21-17(4)20-14)23-9-6-18(7-10-23)5-8-22-12-15(2)24-16(3)13-22/h11,15-16,18H,5-10,12-13H2,1-4H3. The van der Waals surface area contributed by atoms with Crippen LogP contribution in [0, 0.1) is 19.8 Å². The molecule has 24 heavy (non-hydrogen) atoms. The molecule has 2 saturated heterocycles. The molecule has 0 amide bonds. The average Bonchev–Trinajstić information content (AvgIpc) is 2.51. The number of morpholine rings is 1. The van der Waals surface area contributed by atoms with Crippen LogP contribution in [0.15, 0.2) is 6.07 Å². The molecule has 0 radical (unpaired) electrons. The van der Waals surface area contributed by atoms with E-state index in [0.29, 0.717) is 12.2 Å². The Balaban J connectivity index is 1.45. The summed E-state index contributed by atoms with van der Waals surface area (Å²) >= 11 is 0. The average molecular weight is 332 g/mol. The highest BCUT2D eigenvalue weighted by Gasteiger charge is 2.24. The molecule has 2 aliphatic heterocycles. The zero-order valence-corrected chi connectivity index (χ0v) is 15.7. The van der Waals surface area contributed by atoms with Crippen molar-refractivity contribution in [1.82, 2.24) is 14.9 Å². The van der Waals surface area contributed by atoms with Crippen LogP contribution in [0.2, 0.25) is 0 Å². The number of piperidine rings is 1. The number of rotatable bonds is 4. The van der Waals surface area contributed by atoms with Crippen LogP contribution < -0.4 is 4.90 Å². The summed E-state index contributed by atoms with van der Waals surface area (Å²) in [6, 6.07) is 2.11. The van der Waals surface area contributed by atoms with Gasteiger partial charge >= 0.3 is 0 Å². The van der Waals surface area contributed by atoms with Crippen molar-refractivity contribution in [3.05, 3.63) is 17.6 Å². The van der Waals surface area contributed by atoms with Gasteiger partial charge in [-0.1, -0.05) is 0 Å². The van der Waals surface area contributed by atoms with E-state index in [1.807, 2.05) is 6.92 Å². The molecule has 0 bridgehead atoms. The molecular weight excluding hydrogens is 300 g/mol. The fourth-order valence-electron chi connectivity index (χ4n) is 4.14. The van der Waals surface area contributed by atoms with Crippen LogP contribution in [0.4, 0.5) is 5.82 Å². The predicted molar refractivity (Wildman–Crippen MR) is 97.5 cm³/mol. The Labute approximate surface area is 146 Å². The lowest BCUT2D eigenvalue weighted by molar-refractivity contribution is -0.0690. The van der Waals surface area contributed by atoms with Crippen LogP contribution >= 0.6 is 0 Å². The molecule has 3 rings (SSSR count). The highest BCUT2D eigenvalue weighted by atomic mass is 16.5. The maximum Gasteiger partial charge on any atom is 0.132 e. The van der Waals surface area contributed by atoms with Crippen molar-refractivity contribution in [2.75, 3.05) is 37.6 Å². The minimum absolute atomic E-state index is 0.375. The number of nitrogens with zero attached hydrogens (tertiary/aromatic N) is 4. The van der Waals surface area contributed by atoms with Gasteiger partial charge in [0.2, 0.25) is 0 Å². The summed E-state index contributed by atoms with van der Waals surface area (Å²) in [7, 11) is 0. The van der Waals surface area contributed by atoms with Gasteiger partial charge in [-0.25, -0.2) is 9.97 Å². The van der Waals surface area contributed by atoms with Crippen molar-refractivity contribution >= 4 is 5.82 Å². The molecule has 1 aromatic heterocycles. The van der Waals surface area contributed by atoms with E-state index >= 15 is 0 Å². The van der Waals surface area contributed by atoms with Crippen molar-refractivity contribution in [2.45, 2.75) is 59.2 Å². The van der Waals surface area contributed by atoms with Crippen LogP contribution in [-0.4, -0.2) is 59.8 Å². The van der Waals surface area contributed by atoms with Gasteiger partial charge in [0.25, 0.3) is 0 Å². The summed E-state index contributed by atoms with van der Waals surface area (Å²) in [5.74, 6) is 2.83. The minimum atomic E-state index is 0.375. The Morgan fingerprint density at radius 2 is 1.75 bits per heavy atom. The fourth-order valence-corrected chi connectivity index (χ4v) is 4.14. The third-order valence-corrected chi connectivity index (χ3v) is 5.24. The Morgan fingerprint density at radius 3 is 2.38 bits per heavy atom. The molecule has 134 valence electrons. The van der Waals surface area contributed by atoms with Crippen molar-refractivity contribution in [3.63, 3.8) is 0 Å². The molecule has 0 aromatic carbocycles. The Bertz CT molecular complexity index is 512. The van der Waals surface area contributed by atoms with Gasteiger partial charge in [0.05, 0.1) is 12.2 Å². The molecule has 5 heteroatoms. The van der Waals surface area contributed by atoms with Gasteiger partial charge < -0.3 is 9.64 Å². The van der Waals surface area contributed by atoms with Crippen LogP contribution in [0.25, 0.3) is 0 Å². The van der Waals surface area contributed by atoms with Crippen molar-refractivity contribution in [2.24, 2.45) is 5.92 Å². The number of hydrogen-bond acceptors (Lipinski definition) is 5. The highest BCUT2D eigenvalue weighted by Crippen LogP contribution is 2.25. The lowest BCUT2D eigenvalue weighted by atomic mass is 9.93. The summed E-state index contributed by atoms with van der Waals surface area (Å²) in [5, 5.41) is 0. The van der Waals surface area contributed by atoms with Gasteiger partial charge in [0.15, 0.2) is 0 Å². The van der Waals surface area contributed by atoms with Crippen molar-refractivity contribution in [1.29, 1.82) is 0 Å². The number of aromatic nitrogens is 2. The first-order chi connectivity index (χ1) is 11.5. The number of aryl methyl sites for hydroxylation is 2. The van der Waals surface area contributed by atoms with E-state index in [9.17, 15) is 0 Å². The van der Waals surface area contributed by atoms with Gasteiger partial charge in [-0.15, -0.1) is 0 Å². The molecule has 1 aromatic rings. The molecule has 2 aliphatic rings. The van der Waals surface area contributed by atoms with E-state index in [1.165, 1.54) is 25.8 Å². The lowest BCUT2D eigenvalue weighted by Crippen LogP contribution is -2.46. The van der Waals surface area contributed by atoms with Crippen LogP contribution in [0.1, 0.15) is 44.6 Å². The normalized spacial score (nSPS) is 26.8. The number of ether oxygens (including phenoxy) is 1. The second-order valence-electron chi connectivity index (χ2n) is 7.65. The van der Waals surface area contributed by atoms with Crippen LogP contribution in [0.5, 0.6) is 0 Å². The van der Waals surface area contributed by atoms with Gasteiger partial charge in [0.1, 0.15) is 11.6 Å². The van der Waals surface area contributed by atoms with Gasteiger partial charge in [-0.3, -0.25) is 4.90 Å². The van der Waals surface area contributed by atoms with E-state index in [2.05, 4.69) is 46.6 Å². The first-order valence-corrected chi connectivity index (χ1v) is 9.44. The predicted octanol–water partition coefficient (Wildman–Crippen LogP) is 2.81. The lowest BCUT2D eigenvalue weighted by Gasteiger charge is -2.37. The van der Waals surface area contributed by atoms with E-state index in [-0.39, 0.29) is 0 Å². The largest absolute Gasteiger partial charge is 0.373 e. The highest BCUT2D eigenvalue weighted by molar-refractivity contribution is 5.40. The Hall–Kier alpha value is -1.20. The zero-order chi connectivity index (χ0) is 17.1. The van der Waals surface area contributed by atoms with Crippen molar-refractivity contribution in [3.8, 4) is 0 Å². The second-order valence-corrected chi connectivity index (χ2v) is 7.65. The minimum Gasteiger partial charge on any atom is -0.373 e. The third-order valence-electron chi connectivity index (χ3n) is 5.24. The quantitative estimate of drug-likeness (QED) is 0.848. The molecule has 2 unspecified atom stereocenters. The summed E-state index contributed by atoms with van der Waals surface area (Å²) in [4.78, 5) is 14.0. The molecule has 0 aliphatic carbocycles. The SMILES string of the molecule is Cc1cc(N2CCC(CCN3CC(C)OC(C)C3)CC2)nc(C)n1. The topological polar surface area (TPSA) is 41.5 Å². The van der Waals surface area contributed by atoms with Gasteiger partial charge in [-0.2, -0.15) is 0 Å². The molecule has 2 fully saturated rings. The molecule has 3 heterocycles. The number of anilines is 1. The fraction of sp³-hybridized carbons (Fsp3) is 0.789. The monoisotopic (exact) mass is 332 g/mol. The maximum atomic E-state index is 5.83. The van der Waals surface area contributed by atoms with Gasteiger partial charge in [-0.05, 0) is 59.4 Å². The molecule has 2 atom stereocenters. The van der Waals surface area contributed by atoms with Crippen molar-refractivity contribution < 1.29 is 4.74 Å². The molecule has 0 spiro atoms. The van der Waals surface area contributed by atoms with E-state index in [4.69, 9.17) is 4.74 Å². The molecule has 0 N–H and O–H groups in total. The Kier molecular flexibility index (Phi) is 5.72. The van der Waals surface area contributed by atoms with Gasteiger partial charge in [0, 0.05) is 37.9 Å². The van der Waals surface area contributed by atoms with Crippen LogP contribution in [0.3, 0.4) is 0 Å². The summed E-state index contributed by atoms with van der Waals surface area (Å²) < 4.78 is 5.83. The zero-order valence-electron chi connectivity index (χ0n) is 15.7. The third kappa shape index (κ3) is 4.67. The van der Waals surface area contributed by atoms with E-state index in [0.717, 1.165) is 49.4 Å². The second kappa shape index (κ2) is 7.79. The molecular formula is C19H32N4O. The first-order valence-electron chi connectivity index (χ1n) is 9.44. The molecule has 5 nitrogen and oxygen atoms in total. The van der Waals surface area contributed by atoms with E-state index in [1.54, 1.807) is 0 Å². The maximum absolute atomic E-state index is 5.83. The summed E-state index contributed by atoms with van der Waals surface area (Å²) in [6.07, 6.45) is 4.61. The van der Waals surface area contributed by atoms with E-state index < -0.39 is 0 Å².